The van der Waals surface area contributed by atoms with E-state index < -0.39 is 0 Å². The third kappa shape index (κ3) is 4.22. The zero-order chi connectivity index (χ0) is 16.8. The van der Waals surface area contributed by atoms with Gasteiger partial charge in [-0.2, -0.15) is 0 Å². The largest absolute Gasteiger partial charge is 0.376 e. The third-order valence-electron chi connectivity index (χ3n) is 4.42. The zero-order valence-electron chi connectivity index (χ0n) is 14.1. The molecule has 0 aliphatic carbocycles. The van der Waals surface area contributed by atoms with Gasteiger partial charge < -0.3 is 9.64 Å². The number of nitrogens with zero attached hydrogens (tertiary/aromatic N) is 2. The van der Waals surface area contributed by atoms with Crippen LogP contribution in [0.2, 0.25) is 0 Å². The minimum atomic E-state index is -0.130. The second-order valence-corrected chi connectivity index (χ2v) is 7.24. The number of rotatable bonds is 6. The number of amides is 1. The first-order chi connectivity index (χ1) is 11.8. The molecular formula is C19H24N2O2S. The van der Waals surface area contributed by atoms with E-state index in [1.807, 2.05) is 53.7 Å². The summed E-state index contributed by atoms with van der Waals surface area (Å²) in [7, 11) is 0. The number of likely N-dealkylation sites (tertiary alicyclic amines) is 1. The summed E-state index contributed by atoms with van der Waals surface area (Å²) in [4.78, 5) is 19.3. The average molecular weight is 344 g/mol. The average Bonchev–Trinajstić information content (AvgIpc) is 3.16. The number of ether oxygens (including phenoxy) is 1. The second-order valence-electron chi connectivity index (χ2n) is 6.32. The molecule has 5 heteroatoms. The van der Waals surface area contributed by atoms with Crippen LogP contribution in [0.5, 0.6) is 0 Å². The van der Waals surface area contributed by atoms with Gasteiger partial charge in [-0.15, -0.1) is 11.3 Å². The van der Waals surface area contributed by atoms with E-state index >= 15 is 0 Å². The highest BCUT2D eigenvalue weighted by atomic mass is 32.1. The first kappa shape index (κ1) is 17.1. The molecule has 0 spiro atoms. The van der Waals surface area contributed by atoms with Crippen LogP contribution in [0, 0.1) is 5.92 Å². The molecule has 0 N–H and O–H groups in total. The van der Waals surface area contributed by atoms with Gasteiger partial charge in [-0.3, -0.25) is 4.79 Å². The molecule has 128 valence electrons. The number of benzene rings is 1. The van der Waals surface area contributed by atoms with E-state index in [-0.39, 0.29) is 17.9 Å². The molecule has 2 aromatic rings. The molecule has 0 saturated carbocycles. The van der Waals surface area contributed by atoms with E-state index in [1.165, 1.54) is 0 Å². The standard InChI is InChI=1S/C19H24N2O2S/c1-15(13-23-14-16-7-3-2-4-8-16)19(22)21-11-6-5-9-17(21)18-20-10-12-24-18/h2-4,7-8,10,12,15,17H,5-6,9,11,13-14H2,1H3/t15-,17-/m0/s1. The smallest absolute Gasteiger partial charge is 0.228 e. The molecule has 24 heavy (non-hydrogen) atoms. The molecule has 1 aliphatic heterocycles. The monoisotopic (exact) mass is 344 g/mol. The molecular weight excluding hydrogens is 320 g/mol. The zero-order valence-corrected chi connectivity index (χ0v) is 14.9. The van der Waals surface area contributed by atoms with Crippen LogP contribution in [0.4, 0.5) is 0 Å². The van der Waals surface area contributed by atoms with E-state index in [2.05, 4.69) is 4.98 Å². The molecule has 2 heterocycles. The Morgan fingerprint density at radius 1 is 1.38 bits per heavy atom. The van der Waals surface area contributed by atoms with Crippen molar-refractivity contribution in [1.29, 1.82) is 0 Å². The number of hydrogen-bond acceptors (Lipinski definition) is 4. The van der Waals surface area contributed by atoms with Crippen molar-refractivity contribution >= 4 is 17.2 Å². The summed E-state index contributed by atoms with van der Waals surface area (Å²) in [6.07, 6.45) is 5.07. The van der Waals surface area contributed by atoms with Gasteiger partial charge in [0.15, 0.2) is 0 Å². The summed E-state index contributed by atoms with van der Waals surface area (Å²) >= 11 is 1.64. The van der Waals surface area contributed by atoms with Gasteiger partial charge in [-0.05, 0) is 24.8 Å². The van der Waals surface area contributed by atoms with Gasteiger partial charge in [0.2, 0.25) is 5.91 Å². The van der Waals surface area contributed by atoms with Crippen molar-refractivity contribution < 1.29 is 9.53 Å². The minimum Gasteiger partial charge on any atom is -0.376 e. The Labute approximate surface area is 147 Å². The number of piperidine rings is 1. The highest BCUT2D eigenvalue weighted by Gasteiger charge is 2.31. The van der Waals surface area contributed by atoms with E-state index in [0.29, 0.717) is 13.2 Å². The summed E-state index contributed by atoms with van der Waals surface area (Å²) in [6, 6.07) is 10.2. The molecule has 0 unspecified atom stereocenters. The highest BCUT2D eigenvalue weighted by molar-refractivity contribution is 7.09. The van der Waals surface area contributed by atoms with Crippen LogP contribution in [0.25, 0.3) is 0 Å². The molecule has 0 radical (unpaired) electrons. The SMILES string of the molecule is C[C@@H](COCc1ccccc1)C(=O)N1CCCC[C@H]1c1nccs1. The van der Waals surface area contributed by atoms with Gasteiger partial charge in [0.25, 0.3) is 0 Å². The first-order valence-electron chi connectivity index (χ1n) is 8.57. The van der Waals surface area contributed by atoms with Crippen LogP contribution in [0.15, 0.2) is 41.9 Å². The lowest BCUT2D eigenvalue weighted by molar-refractivity contribution is -0.141. The topological polar surface area (TPSA) is 42.4 Å². The molecule has 1 saturated heterocycles. The summed E-state index contributed by atoms with van der Waals surface area (Å²) in [5.41, 5.74) is 1.13. The molecule has 3 rings (SSSR count). The highest BCUT2D eigenvalue weighted by Crippen LogP contribution is 2.33. The van der Waals surface area contributed by atoms with E-state index in [0.717, 1.165) is 36.4 Å². The summed E-state index contributed by atoms with van der Waals surface area (Å²) in [5, 5.41) is 3.04. The van der Waals surface area contributed by atoms with E-state index in [4.69, 9.17) is 4.74 Å². The van der Waals surface area contributed by atoms with Crippen molar-refractivity contribution in [2.24, 2.45) is 5.92 Å². The van der Waals surface area contributed by atoms with Crippen LogP contribution in [0.1, 0.15) is 42.8 Å². The third-order valence-corrected chi connectivity index (χ3v) is 5.30. The van der Waals surface area contributed by atoms with Crippen molar-refractivity contribution in [3.05, 3.63) is 52.5 Å². The Balaban J connectivity index is 1.55. The Hall–Kier alpha value is -1.72. The molecule has 4 nitrogen and oxygen atoms in total. The van der Waals surface area contributed by atoms with Crippen molar-refractivity contribution in [3.63, 3.8) is 0 Å². The maximum atomic E-state index is 12.9. The molecule has 2 atom stereocenters. The normalized spacial score (nSPS) is 19.2. The molecule has 1 aliphatic rings. The van der Waals surface area contributed by atoms with Crippen LogP contribution >= 0.6 is 11.3 Å². The number of aromatic nitrogens is 1. The Morgan fingerprint density at radius 2 is 2.21 bits per heavy atom. The Morgan fingerprint density at radius 3 is 2.96 bits per heavy atom. The molecule has 0 bridgehead atoms. The molecule has 1 aromatic heterocycles. The van der Waals surface area contributed by atoms with Crippen LogP contribution < -0.4 is 0 Å². The lowest BCUT2D eigenvalue weighted by atomic mass is 10.00. The van der Waals surface area contributed by atoms with Crippen molar-refractivity contribution in [2.45, 2.75) is 38.8 Å². The fraction of sp³-hybridized carbons (Fsp3) is 0.474. The number of hydrogen-bond donors (Lipinski definition) is 0. The van der Waals surface area contributed by atoms with Crippen LogP contribution in [0.3, 0.4) is 0 Å². The number of carbonyl (C=O) groups is 1. The fourth-order valence-electron chi connectivity index (χ4n) is 3.13. The van der Waals surface area contributed by atoms with Gasteiger partial charge in [-0.25, -0.2) is 4.98 Å². The van der Waals surface area contributed by atoms with E-state index in [9.17, 15) is 4.79 Å². The molecule has 1 fully saturated rings. The van der Waals surface area contributed by atoms with E-state index in [1.54, 1.807) is 11.3 Å². The summed E-state index contributed by atoms with van der Waals surface area (Å²) in [5.74, 6) is 0.0530. The first-order valence-corrected chi connectivity index (χ1v) is 9.45. The Bertz CT molecular complexity index is 630. The number of thiazole rings is 1. The maximum Gasteiger partial charge on any atom is 0.228 e. The maximum absolute atomic E-state index is 12.9. The van der Waals surface area contributed by atoms with Crippen LogP contribution in [-0.2, 0) is 16.1 Å². The predicted molar refractivity (Wildman–Crippen MR) is 95.7 cm³/mol. The minimum absolute atomic E-state index is 0.130. The predicted octanol–water partition coefficient (Wildman–Crippen LogP) is 4.05. The quantitative estimate of drug-likeness (QED) is 0.794. The van der Waals surface area contributed by atoms with Crippen molar-refractivity contribution in [3.8, 4) is 0 Å². The lowest BCUT2D eigenvalue weighted by Gasteiger charge is -2.36. The summed E-state index contributed by atoms with van der Waals surface area (Å²) in [6.45, 7) is 3.79. The number of carbonyl (C=O) groups excluding carboxylic acids is 1. The van der Waals surface area contributed by atoms with Gasteiger partial charge >= 0.3 is 0 Å². The van der Waals surface area contributed by atoms with Gasteiger partial charge in [-0.1, -0.05) is 37.3 Å². The van der Waals surface area contributed by atoms with Crippen molar-refractivity contribution in [2.75, 3.05) is 13.2 Å². The van der Waals surface area contributed by atoms with Gasteiger partial charge in [0.1, 0.15) is 5.01 Å². The second kappa shape index (κ2) is 8.40. The van der Waals surface area contributed by atoms with Gasteiger partial charge in [0.05, 0.1) is 25.2 Å². The fourth-order valence-corrected chi connectivity index (χ4v) is 3.92. The van der Waals surface area contributed by atoms with Crippen molar-refractivity contribution in [1.82, 2.24) is 9.88 Å². The van der Waals surface area contributed by atoms with Gasteiger partial charge in [0, 0.05) is 18.1 Å². The Kier molecular flexibility index (Phi) is 5.99. The lowest BCUT2D eigenvalue weighted by Crippen LogP contribution is -2.42. The molecule has 1 amide bonds. The summed E-state index contributed by atoms with van der Waals surface area (Å²) < 4.78 is 5.76. The molecule has 1 aromatic carbocycles. The van der Waals surface area contributed by atoms with Crippen LogP contribution in [-0.4, -0.2) is 28.9 Å².